The summed E-state index contributed by atoms with van der Waals surface area (Å²) < 4.78 is 0. The molecule has 4 N–H and O–H groups in total. The van der Waals surface area contributed by atoms with Crippen molar-refractivity contribution < 1.29 is 4.79 Å². The van der Waals surface area contributed by atoms with E-state index in [4.69, 9.17) is 4.98 Å². The molecule has 0 aliphatic heterocycles. The number of aromatic amines is 3. The number of hydrogen-bond donors (Lipinski definition) is 4. The molecule has 2 heterocycles. The zero-order chi connectivity index (χ0) is 21.9. The SMILES string of the molecule is O=C(CSc1nc(-c2ccccc2)c(-c2ccccc2)[nH]1)Nc1ccc2[nH]c(=O)[nH]c2c1. The Morgan fingerprint density at radius 2 is 1.53 bits per heavy atom. The van der Waals surface area contributed by atoms with Crippen LogP contribution in [0.2, 0.25) is 0 Å². The standard InChI is InChI=1S/C24H19N5O2S/c30-20(25-17-11-12-18-19(13-17)27-23(31)26-18)14-32-24-28-21(15-7-3-1-4-8-15)22(29-24)16-9-5-2-6-10-16/h1-13H,14H2,(H,25,30)(H,28,29)(H2,26,27,31). The first kappa shape index (κ1) is 19.9. The molecule has 5 aromatic rings. The first-order chi connectivity index (χ1) is 15.7. The fraction of sp³-hybridized carbons (Fsp3) is 0.0417. The average molecular weight is 442 g/mol. The summed E-state index contributed by atoms with van der Waals surface area (Å²) in [6.07, 6.45) is 0. The molecule has 8 heteroatoms. The van der Waals surface area contributed by atoms with Crippen LogP contribution < -0.4 is 11.0 Å². The van der Waals surface area contributed by atoms with Gasteiger partial charge in [0.25, 0.3) is 0 Å². The number of nitrogens with zero attached hydrogens (tertiary/aromatic N) is 1. The second kappa shape index (κ2) is 8.60. The lowest BCUT2D eigenvalue weighted by molar-refractivity contribution is -0.113. The van der Waals surface area contributed by atoms with Crippen LogP contribution in [-0.4, -0.2) is 31.6 Å². The van der Waals surface area contributed by atoms with Gasteiger partial charge in [-0.3, -0.25) is 4.79 Å². The minimum atomic E-state index is -0.278. The fourth-order valence-corrected chi connectivity index (χ4v) is 4.15. The van der Waals surface area contributed by atoms with Crippen LogP contribution in [0.15, 0.2) is 88.8 Å². The van der Waals surface area contributed by atoms with Gasteiger partial charge in [0.05, 0.1) is 28.2 Å². The molecule has 0 radical (unpaired) electrons. The van der Waals surface area contributed by atoms with E-state index in [-0.39, 0.29) is 17.3 Å². The summed E-state index contributed by atoms with van der Waals surface area (Å²) in [6.45, 7) is 0. The highest BCUT2D eigenvalue weighted by Crippen LogP contribution is 2.32. The van der Waals surface area contributed by atoms with Crippen molar-refractivity contribution >= 4 is 34.4 Å². The molecule has 2 aromatic heterocycles. The van der Waals surface area contributed by atoms with Crippen molar-refractivity contribution in [2.45, 2.75) is 5.16 Å². The molecular formula is C24H19N5O2S. The van der Waals surface area contributed by atoms with Crippen molar-refractivity contribution in [1.29, 1.82) is 0 Å². The molecule has 1 amide bonds. The van der Waals surface area contributed by atoms with Crippen LogP contribution in [0, 0.1) is 0 Å². The van der Waals surface area contributed by atoms with E-state index in [9.17, 15) is 9.59 Å². The van der Waals surface area contributed by atoms with E-state index in [0.29, 0.717) is 21.9 Å². The van der Waals surface area contributed by atoms with Gasteiger partial charge in [-0.1, -0.05) is 72.4 Å². The molecule has 5 rings (SSSR count). The van der Waals surface area contributed by atoms with E-state index < -0.39 is 0 Å². The number of fused-ring (bicyclic) bond motifs is 1. The van der Waals surface area contributed by atoms with Gasteiger partial charge in [0, 0.05) is 16.8 Å². The van der Waals surface area contributed by atoms with Gasteiger partial charge >= 0.3 is 5.69 Å². The monoisotopic (exact) mass is 441 g/mol. The number of benzene rings is 3. The van der Waals surface area contributed by atoms with Crippen molar-refractivity contribution in [1.82, 2.24) is 19.9 Å². The summed E-state index contributed by atoms with van der Waals surface area (Å²) >= 11 is 1.34. The van der Waals surface area contributed by atoms with Gasteiger partial charge in [0.2, 0.25) is 5.91 Å². The number of hydrogen-bond acceptors (Lipinski definition) is 4. The van der Waals surface area contributed by atoms with Crippen molar-refractivity contribution in [2.75, 3.05) is 11.1 Å². The predicted molar refractivity (Wildman–Crippen MR) is 128 cm³/mol. The van der Waals surface area contributed by atoms with Crippen molar-refractivity contribution in [3.63, 3.8) is 0 Å². The van der Waals surface area contributed by atoms with E-state index >= 15 is 0 Å². The van der Waals surface area contributed by atoms with Crippen molar-refractivity contribution in [3.8, 4) is 22.5 Å². The molecule has 0 aliphatic carbocycles. The molecule has 3 aromatic carbocycles. The third kappa shape index (κ3) is 4.21. The van der Waals surface area contributed by atoms with Gasteiger partial charge in [0.15, 0.2) is 5.16 Å². The third-order valence-electron chi connectivity index (χ3n) is 4.93. The molecule has 0 bridgehead atoms. The summed E-state index contributed by atoms with van der Waals surface area (Å²) in [4.78, 5) is 37.4. The molecule has 0 aliphatic rings. The van der Waals surface area contributed by atoms with E-state index in [1.54, 1.807) is 18.2 Å². The van der Waals surface area contributed by atoms with Crippen LogP contribution in [0.3, 0.4) is 0 Å². The smallest absolute Gasteiger partial charge is 0.323 e. The lowest BCUT2D eigenvalue weighted by Crippen LogP contribution is -2.14. The summed E-state index contributed by atoms with van der Waals surface area (Å²) in [6, 6.07) is 25.2. The normalized spacial score (nSPS) is 11.0. The number of anilines is 1. The third-order valence-corrected chi connectivity index (χ3v) is 5.80. The van der Waals surface area contributed by atoms with Gasteiger partial charge in [-0.05, 0) is 18.2 Å². The minimum absolute atomic E-state index is 0.161. The van der Waals surface area contributed by atoms with Crippen LogP contribution in [0.1, 0.15) is 0 Å². The highest BCUT2D eigenvalue weighted by molar-refractivity contribution is 7.99. The summed E-state index contributed by atoms with van der Waals surface area (Å²) in [7, 11) is 0. The Bertz CT molecular complexity index is 1380. The van der Waals surface area contributed by atoms with Crippen LogP contribution >= 0.6 is 11.8 Å². The van der Waals surface area contributed by atoms with E-state index in [0.717, 1.165) is 22.5 Å². The Morgan fingerprint density at radius 1 is 0.844 bits per heavy atom. The van der Waals surface area contributed by atoms with E-state index in [2.05, 4.69) is 20.3 Å². The Kier molecular flexibility index (Phi) is 5.35. The zero-order valence-electron chi connectivity index (χ0n) is 16.9. The number of aromatic nitrogens is 4. The number of carbonyl (C=O) groups is 1. The lowest BCUT2D eigenvalue weighted by Gasteiger charge is -2.04. The summed E-state index contributed by atoms with van der Waals surface area (Å²) in [5.41, 5.74) is 5.49. The Hall–Kier alpha value is -4.04. The summed E-state index contributed by atoms with van der Waals surface area (Å²) in [5.74, 6) is 0.0312. The van der Waals surface area contributed by atoms with E-state index in [1.807, 2.05) is 60.7 Å². The molecule has 0 spiro atoms. The Balaban J connectivity index is 1.34. The molecule has 7 nitrogen and oxygen atoms in total. The average Bonchev–Trinajstić information content (AvgIpc) is 3.41. The molecule has 0 saturated carbocycles. The number of nitrogens with one attached hydrogen (secondary N) is 4. The molecular weight excluding hydrogens is 422 g/mol. The number of rotatable bonds is 6. The largest absolute Gasteiger partial charge is 0.332 e. The first-order valence-electron chi connectivity index (χ1n) is 10.0. The molecule has 158 valence electrons. The number of carbonyl (C=O) groups excluding carboxylic acids is 1. The quantitative estimate of drug-likeness (QED) is 0.288. The molecule has 0 fully saturated rings. The number of amides is 1. The highest BCUT2D eigenvalue weighted by Gasteiger charge is 2.15. The van der Waals surface area contributed by atoms with Gasteiger partial charge < -0.3 is 20.3 Å². The van der Waals surface area contributed by atoms with Gasteiger partial charge in [-0.25, -0.2) is 9.78 Å². The van der Waals surface area contributed by atoms with E-state index in [1.165, 1.54) is 11.8 Å². The van der Waals surface area contributed by atoms with Crippen molar-refractivity contribution in [3.05, 3.63) is 89.3 Å². The maximum Gasteiger partial charge on any atom is 0.323 e. The molecule has 32 heavy (non-hydrogen) atoms. The van der Waals surface area contributed by atoms with Crippen LogP contribution in [0.5, 0.6) is 0 Å². The lowest BCUT2D eigenvalue weighted by atomic mass is 10.1. The van der Waals surface area contributed by atoms with Gasteiger partial charge in [0.1, 0.15) is 0 Å². The Labute approximate surface area is 187 Å². The fourth-order valence-electron chi connectivity index (χ4n) is 3.48. The second-order valence-electron chi connectivity index (χ2n) is 7.17. The first-order valence-corrected chi connectivity index (χ1v) is 11.0. The topological polar surface area (TPSA) is 106 Å². The number of imidazole rings is 2. The Morgan fingerprint density at radius 3 is 2.28 bits per heavy atom. The molecule has 0 saturated heterocycles. The highest BCUT2D eigenvalue weighted by atomic mass is 32.2. The number of H-pyrrole nitrogens is 3. The molecule has 0 unspecified atom stereocenters. The maximum atomic E-state index is 12.5. The predicted octanol–water partition coefficient (Wildman–Crippen LogP) is 4.64. The van der Waals surface area contributed by atoms with Crippen LogP contribution in [0.25, 0.3) is 33.5 Å². The summed E-state index contributed by atoms with van der Waals surface area (Å²) in [5, 5.41) is 3.53. The minimum Gasteiger partial charge on any atom is -0.332 e. The van der Waals surface area contributed by atoms with Gasteiger partial charge in [-0.15, -0.1) is 0 Å². The number of thioether (sulfide) groups is 1. The zero-order valence-corrected chi connectivity index (χ0v) is 17.7. The second-order valence-corrected chi connectivity index (χ2v) is 8.14. The van der Waals surface area contributed by atoms with Gasteiger partial charge in [-0.2, -0.15) is 0 Å². The van der Waals surface area contributed by atoms with Crippen molar-refractivity contribution in [2.24, 2.45) is 0 Å². The maximum absolute atomic E-state index is 12.5. The molecule has 0 atom stereocenters. The van der Waals surface area contributed by atoms with Crippen LogP contribution in [-0.2, 0) is 4.79 Å². The van der Waals surface area contributed by atoms with Crippen LogP contribution in [0.4, 0.5) is 5.69 Å².